The van der Waals surface area contributed by atoms with Crippen molar-refractivity contribution in [1.82, 2.24) is 39.6 Å². The molecule has 6 N–H and O–H groups in total. The zero-order valence-corrected chi connectivity index (χ0v) is 76.5. The Morgan fingerprint density at radius 1 is 0.493 bits per heavy atom. The third kappa shape index (κ3) is 20.4. The molecule has 20 rings (SSSR count). The van der Waals surface area contributed by atoms with E-state index >= 15 is 0 Å². The van der Waals surface area contributed by atoms with Gasteiger partial charge in [-0.15, -0.1) is 0 Å². The van der Waals surface area contributed by atoms with E-state index < -0.39 is 51.7 Å². The summed E-state index contributed by atoms with van der Waals surface area (Å²) in [4.78, 5) is 95.4. The van der Waals surface area contributed by atoms with Crippen LogP contribution in [0.15, 0.2) is 253 Å². The number of aromatic nitrogens is 4. The first kappa shape index (κ1) is 92.0. The summed E-state index contributed by atoms with van der Waals surface area (Å²) in [6, 6.07) is 71.3. The Kier molecular flexibility index (Phi) is 26.3. The molecule has 4 saturated carbocycles. The molecule has 3 amide bonds. The van der Waals surface area contributed by atoms with Crippen LogP contribution < -0.4 is 59.0 Å². The predicted octanol–water partition coefficient (Wildman–Crippen LogP) is 14.6. The molecule has 12 aromatic rings. The van der Waals surface area contributed by atoms with E-state index in [9.17, 15) is 54.0 Å². The lowest BCUT2D eigenvalue weighted by Gasteiger charge is -2.28. The molecule has 4 aromatic heterocycles. The van der Waals surface area contributed by atoms with Crippen LogP contribution in [0.5, 0.6) is 40.2 Å². The number of amides is 3. The summed E-state index contributed by atoms with van der Waals surface area (Å²) in [6.07, 6.45) is 12.1. The number of nitrogens with one attached hydrogen (secondary N) is 4. The summed E-state index contributed by atoms with van der Waals surface area (Å²) >= 11 is 0. The van der Waals surface area contributed by atoms with Crippen LogP contribution in [0.25, 0.3) is 44.8 Å². The van der Waals surface area contributed by atoms with Gasteiger partial charge in [0.15, 0.2) is 34.5 Å². The summed E-state index contributed by atoms with van der Waals surface area (Å²) in [5.74, 6) is 5.43. The Morgan fingerprint density at radius 2 is 0.978 bits per heavy atom. The number of anilines is 1. The van der Waals surface area contributed by atoms with E-state index in [1.807, 2.05) is 183 Å². The van der Waals surface area contributed by atoms with Crippen LogP contribution in [-0.2, 0) is 102 Å². The molecule has 0 unspecified atom stereocenters. The van der Waals surface area contributed by atoms with E-state index in [-0.39, 0.29) is 110 Å². The van der Waals surface area contributed by atoms with E-state index in [1.165, 1.54) is 28.6 Å². The van der Waals surface area contributed by atoms with Gasteiger partial charge in [-0.1, -0.05) is 128 Å². The number of pyridine rings is 4. The molecule has 0 spiro atoms. The molecule has 1 saturated heterocycles. The molecule has 29 nitrogen and oxygen atoms in total. The van der Waals surface area contributed by atoms with Gasteiger partial charge >= 0.3 is 0 Å². The minimum absolute atomic E-state index is 0. The van der Waals surface area contributed by atoms with Crippen LogP contribution in [0, 0.1) is 6.92 Å². The lowest BCUT2D eigenvalue weighted by Crippen LogP contribution is -2.49. The third-order valence-electron chi connectivity index (χ3n) is 25.7. The maximum atomic E-state index is 13.5. The molecule has 8 aliphatic rings. The third-order valence-corrected chi connectivity index (χ3v) is 29.2. The van der Waals surface area contributed by atoms with E-state index in [2.05, 4.69) is 40.6 Å². The van der Waals surface area contributed by atoms with Crippen LogP contribution in [0.3, 0.4) is 0 Å². The van der Waals surface area contributed by atoms with Crippen LogP contribution >= 0.6 is 0 Å². The van der Waals surface area contributed by atoms with Crippen molar-refractivity contribution in [1.29, 1.82) is 0 Å². The number of nitrogens with zero attached hydrogens (tertiary/aromatic N) is 5. The number of fused-ring (bicyclic) bond motifs is 3. The molecule has 5 fully saturated rings. The molecule has 4 aliphatic carbocycles. The Balaban J connectivity index is 0.000000154. The molecule has 8 aromatic carbocycles. The minimum Gasteiger partial charge on any atom is -0.497 e. The number of piperazine rings is 1. The molecule has 0 bridgehead atoms. The summed E-state index contributed by atoms with van der Waals surface area (Å²) in [6.45, 7) is 3.08. The van der Waals surface area contributed by atoms with Crippen LogP contribution in [-0.4, -0.2) is 145 Å². The first-order valence-electron chi connectivity index (χ1n) is 44.0. The topological polar surface area (TPSA) is 398 Å². The number of ether oxygens (including phenoxy) is 7. The molecule has 0 radical (unpaired) electrons. The van der Waals surface area contributed by atoms with E-state index in [0.717, 1.165) is 160 Å². The fourth-order valence-electron chi connectivity index (χ4n) is 17.6. The fourth-order valence-corrected chi connectivity index (χ4v) is 20.0. The normalized spacial score (nSPS) is 16.3. The first-order valence-corrected chi connectivity index (χ1v) is 48.8. The van der Waals surface area contributed by atoms with Crippen molar-refractivity contribution < 1.29 is 92.9 Å². The maximum Gasteiger partial charge on any atom is 0.251 e. The van der Waals surface area contributed by atoms with Gasteiger partial charge < -0.3 is 49.1 Å². The van der Waals surface area contributed by atoms with Crippen molar-refractivity contribution in [2.75, 3.05) is 65.7 Å². The van der Waals surface area contributed by atoms with Crippen molar-refractivity contribution in [2.24, 2.45) is 5.14 Å². The second-order valence-electron chi connectivity index (χ2n) is 34.4. The highest BCUT2D eigenvalue weighted by atomic mass is 32.2. The number of Topliss-reactive ketones (excluding diaryl/α,β-unsaturated/α-hetero) is 3. The van der Waals surface area contributed by atoms with Crippen LogP contribution in [0.4, 0.5) is 5.82 Å². The number of hydrogen-bond acceptors (Lipinski definition) is 23. The van der Waals surface area contributed by atoms with Crippen molar-refractivity contribution in [3.8, 4) is 85.0 Å². The molecule has 134 heavy (non-hydrogen) atoms. The number of methoxy groups -OCH3 is 1. The van der Waals surface area contributed by atoms with Gasteiger partial charge in [0, 0.05) is 108 Å². The van der Waals surface area contributed by atoms with Crippen molar-refractivity contribution in [3.05, 3.63) is 299 Å². The lowest BCUT2D eigenvalue weighted by molar-refractivity contribution is -0.123. The van der Waals surface area contributed by atoms with Gasteiger partial charge in [0.2, 0.25) is 62.3 Å². The van der Waals surface area contributed by atoms with Gasteiger partial charge in [0.05, 0.1) is 62.7 Å². The number of carbonyl (C=O) groups excluding carboxylic acids is 6. The van der Waals surface area contributed by atoms with Gasteiger partial charge in [0.25, 0.3) is 5.91 Å². The second kappa shape index (κ2) is 38.4. The quantitative estimate of drug-likeness (QED) is 0.0319. The molecule has 0 atom stereocenters. The zero-order chi connectivity index (χ0) is 93.7. The van der Waals surface area contributed by atoms with E-state index in [1.54, 1.807) is 56.8 Å². The van der Waals surface area contributed by atoms with Gasteiger partial charge in [-0.2, -0.15) is 4.31 Å². The largest absolute Gasteiger partial charge is 0.497 e. The Labute approximate surface area is 782 Å². The van der Waals surface area contributed by atoms with Crippen molar-refractivity contribution >= 4 is 71.0 Å². The Morgan fingerprint density at radius 3 is 1.49 bits per heavy atom. The molecule has 8 heterocycles. The van der Waals surface area contributed by atoms with E-state index in [0.29, 0.717) is 63.8 Å². The SMILES string of the molecule is CNC(=O)c1cccc(-c2ccc(CC(=O)C3(c4ccc5c(c4)OCO5)CC3)nc2)c1.COc1ccc(C2(C(=O)Nc3cccc(-c4ccc(CNS(C)(=O)=O)cc4)n3)CCCC2)cc1.Cc1nc(CC(=O)C2(c3ccc4c(c3)OCO4)CC2)ccc1-c1ccc(S(N)(=O)=O)cc1.O=C1CN(S(=O)(=O)c2ccc(-c3cccc(CC(=O)C4(c5ccc6c(c5)OCO6)CC4)n3)cc2)CCN1.[HH].[HH].[HH].[HH]. The first-order chi connectivity index (χ1) is 64.5. The van der Waals surface area contributed by atoms with Crippen molar-refractivity contribution in [2.45, 2.75) is 128 Å². The average Bonchev–Trinajstić information content (AvgIpc) is 1.60. The predicted molar refractivity (Wildman–Crippen MR) is 508 cm³/mol. The number of sulfonamides is 3. The maximum absolute atomic E-state index is 13.5. The highest BCUT2D eigenvalue weighted by Gasteiger charge is 2.54. The number of nitrogens with two attached hydrogens (primary N) is 1. The monoisotopic (exact) mass is 1870 g/mol. The molecular weight excluding hydrogens is 1770 g/mol. The van der Waals surface area contributed by atoms with Gasteiger partial charge in [-0.25, -0.2) is 40.1 Å². The number of rotatable bonds is 27. The minimum atomic E-state index is -3.77. The number of ketones is 3. The zero-order valence-electron chi connectivity index (χ0n) is 74.0. The van der Waals surface area contributed by atoms with Gasteiger partial charge in [-0.3, -0.25) is 43.7 Å². The van der Waals surface area contributed by atoms with Gasteiger partial charge in [-0.05, 0) is 219 Å². The summed E-state index contributed by atoms with van der Waals surface area (Å²) in [5, 5.41) is 13.5. The van der Waals surface area contributed by atoms with Crippen LogP contribution in [0.1, 0.15) is 131 Å². The molecule has 32 heteroatoms. The Hall–Kier alpha value is -13.9. The average molecular weight is 1870 g/mol. The number of primary sulfonamides is 1. The number of aryl methyl sites for hydroxylation is 1. The van der Waals surface area contributed by atoms with Crippen molar-refractivity contribution in [3.63, 3.8) is 0 Å². The van der Waals surface area contributed by atoms with E-state index in [4.69, 9.17) is 38.3 Å². The number of benzene rings is 8. The number of hydrogen-bond donors (Lipinski definition) is 5. The highest BCUT2D eigenvalue weighted by Crippen LogP contribution is 2.55. The van der Waals surface area contributed by atoms with Crippen LogP contribution in [0.2, 0.25) is 0 Å². The Bertz CT molecular complexity index is 6920. The molecular formula is C102H106N10O19S3. The fraction of sp³-hybridized carbons (Fsp3) is 0.275. The highest BCUT2D eigenvalue weighted by molar-refractivity contribution is 7.89. The summed E-state index contributed by atoms with van der Waals surface area (Å²) < 4.78 is 113. The summed E-state index contributed by atoms with van der Waals surface area (Å²) in [7, 11) is -7.51. The molecule has 696 valence electrons. The standard InChI is InChI=1S/C27H25N3O6S.C26H29N3O4S.C25H22N2O4.C24H22N2O5S.4H2/c31-25(27(10-11-27)19-6-9-23-24(14-19)36-17-35-23)15-20-2-1-3-22(29-20)18-4-7-21(8-5-18)37(33,34)30-13-12-28-26(32)16-30;1-33-22-14-12-21(13-15-22)26(16-3-4-17-26)25(30)29-24-7-5-6-23(28-24)20-10-8-19(9-11-20)18-27-34(2,31)32;1-26-24(29)17-4-2-3-16(11-17)18-5-7-20(27-14-18)13-23(28)25(9-10-25)19-6-8-21-22(12-19)31-15-30-21;1-15-20(16-2-6-19(7-3-16)32(25,28)29)8-5-18(26-15)13-23(27)24(10-11-24)17-4-9-21-22(12-17)31-14-30-21;;;;/h1-9,14H,10-13,15-17H2,(H,28,32);5-15,27H,3-4,16-18H2,1-2H3,(H,28,29,30);2-8,11-12,14H,9-10,13,15H2,1H3,(H,26,29);2-9,12H,10-11,13-14H2,1H3,(H2,25,28,29);4*1H. The smallest absolute Gasteiger partial charge is 0.251 e. The lowest BCUT2D eigenvalue weighted by atomic mass is 9.78. The number of carbonyl (C=O) groups is 6. The second-order valence-corrected chi connectivity index (χ2v) is 39.7. The van der Waals surface area contributed by atoms with Gasteiger partial charge in [0.1, 0.15) is 28.9 Å². The molecule has 4 aliphatic heterocycles. The summed E-state index contributed by atoms with van der Waals surface area (Å²) in [5.41, 5.74) is 12.7.